The number of anilines is 2. The van der Waals surface area contributed by atoms with Crippen LogP contribution in [0.4, 0.5) is 11.5 Å². The molecule has 10 nitrogen and oxygen atoms in total. The van der Waals surface area contributed by atoms with Crippen molar-refractivity contribution in [1.29, 1.82) is 0 Å². The summed E-state index contributed by atoms with van der Waals surface area (Å²) in [5.74, 6) is 0.677. The summed E-state index contributed by atoms with van der Waals surface area (Å²) in [6, 6.07) is 13.9. The first kappa shape index (κ1) is 26.1. The molecule has 0 saturated heterocycles. The Kier molecular flexibility index (Phi) is 6.94. The second-order valence-corrected chi connectivity index (χ2v) is 10.9. The van der Waals surface area contributed by atoms with Crippen LogP contribution >= 0.6 is 11.6 Å². The van der Waals surface area contributed by atoms with Crippen molar-refractivity contribution < 1.29 is 17.9 Å². The Labute approximate surface area is 229 Å². The molecule has 0 amide bonds. The molecule has 3 heterocycles. The van der Waals surface area contributed by atoms with Crippen molar-refractivity contribution in [2.24, 2.45) is 0 Å². The average Bonchev–Trinajstić information content (AvgIpc) is 3.32. The molecule has 0 radical (unpaired) electrons. The number of rotatable bonds is 8. The lowest BCUT2D eigenvalue weighted by atomic mass is 10.0. The number of nitrogens with two attached hydrogens (primary N) is 1. The van der Waals surface area contributed by atoms with E-state index in [4.69, 9.17) is 22.1 Å². The van der Waals surface area contributed by atoms with Crippen LogP contribution in [0.1, 0.15) is 35.8 Å². The molecule has 5 aromatic rings. The molecule has 0 aliphatic rings. The van der Waals surface area contributed by atoms with E-state index in [9.17, 15) is 13.2 Å². The number of nitrogen functional groups attached to an aromatic ring is 1. The topological polar surface area (TPSA) is 142 Å². The molecule has 0 fully saturated rings. The van der Waals surface area contributed by atoms with E-state index in [-0.39, 0.29) is 38.6 Å². The van der Waals surface area contributed by atoms with Gasteiger partial charge in [0.1, 0.15) is 29.3 Å². The monoisotopic (exact) mass is 562 g/mol. The second kappa shape index (κ2) is 10.4. The van der Waals surface area contributed by atoms with Gasteiger partial charge in [-0.25, -0.2) is 18.4 Å². The van der Waals surface area contributed by atoms with Gasteiger partial charge in [0.25, 0.3) is 10.0 Å². The minimum absolute atomic E-state index is 0.00175. The van der Waals surface area contributed by atoms with Crippen LogP contribution in [0.2, 0.25) is 5.02 Å². The molecular formula is C27H23ClN6O4S. The van der Waals surface area contributed by atoms with Crippen LogP contribution in [-0.4, -0.2) is 33.7 Å². The molecule has 5 rings (SSSR count). The molecular weight excluding hydrogens is 540 g/mol. The molecule has 0 spiro atoms. The van der Waals surface area contributed by atoms with Crippen LogP contribution in [0.15, 0.2) is 84.4 Å². The van der Waals surface area contributed by atoms with Crippen molar-refractivity contribution in [3.63, 3.8) is 0 Å². The van der Waals surface area contributed by atoms with Gasteiger partial charge in [0.2, 0.25) is 0 Å². The number of aromatic nitrogens is 4. The van der Waals surface area contributed by atoms with Crippen molar-refractivity contribution in [1.82, 2.24) is 19.5 Å². The van der Waals surface area contributed by atoms with Crippen LogP contribution < -0.4 is 15.2 Å². The van der Waals surface area contributed by atoms with Gasteiger partial charge in [0.05, 0.1) is 32.8 Å². The van der Waals surface area contributed by atoms with Gasteiger partial charge in [-0.3, -0.25) is 14.5 Å². The minimum Gasteiger partial charge on any atom is -0.456 e. The fourth-order valence-electron chi connectivity index (χ4n) is 4.04. The summed E-state index contributed by atoms with van der Waals surface area (Å²) in [5.41, 5.74) is 7.04. The zero-order chi connectivity index (χ0) is 27.7. The third-order valence-corrected chi connectivity index (χ3v) is 7.72. The minimum atomic E-state index is -4.04. The van der Waals surface area contributed by atoms with Gasteiger partial charge in [-0.05, 0) is 62.4 Å². The van der Waals surface area contributed by atoms with Gasteiger partial charge in [0.15, 0.2) is 5.78 Å². The van der Waals surface area contributed by atoms with Crippen LogP contribution in [0.25, 0.3) is 11.0 Å². The number of fused-ring (bicyclic) bond motifs is 1. The Balaban J connectivity index is 1.44. The highest BCUT2D eigenvalue weighted by molar-refractivity contribution is 7.92. The van der Waals surface area contributed by atoms with Crippen molar-refractivity contribution in [2.45, 2.75) is 24.8 Å². The summed E-state index contributed by atoms with van der Waals surface area (Å²) in [4.78, 5) is 25.9. The maximum absolute atomic E-state index is 13.6. The Bertz CT molecular complexity index is 1790. The Hall–Kier alpha value is -4.48. The number of benzene rings is 2. The van der Waals surface area contributed by atoms with Gasteiger partial charge >= 0.3 is 0 Å². The number of carbonyl (C=O) groups excluding carboxylic acids is 1. The molecule has 0 unspecified atom stereocenters. The molecule has 3 N–H and O–H groups in total. The summed E-state index contributed by atoms with van der Waals surface area (Å²) < 4.78 is 36.2. The molecule has 0 aliphatic heterocycles. The van der Waals surface area contributed by atoms with Crippen molar-refractivity contribution >= 4 is 49.9 Å². The normalized spacial score (nSPS) is 11.6. The quantitative estimate of drug-likeness (QED) is 0.237. The first-order valence-electron chi connectivity index (χ1n) is 11.8. The number of ketones is 1. The maximum Gasteiger partial charge on any atom is 0.261 e. The lowest BCUT2D eigenvalue weighted by Gasteiger charge is -2.13. The molecule has 12 heteroatoms. The second-order valence-electron chi connectivity index (χ2n) is 8.87. The summed E-state index contributed by atoms with van der Waals surface area (Å²) in [6.45, 7) is 3.90. The Morgan fingerprint density at radius 3 is 2.49 bits per heavy atom. The number of carbonyl (C=O) groups is 1. The first-order chi connectivity index (χ1) is 18.7. The molecule has 198 valence electrons. The van der Waals surface area contributed by atoms with E-state index in [2.05, 4.69) is 19.7 Å². The van der Waals surface area contributed by atoms with Crippen LogP contribution in [0, 0.1) is 0 Å². The van der Waals surface area contributed by atoms with E-state index >= 15 is 0 Å². The number of halogens is 1. The smallest absolute Gasteiger partial charge is 0.261 e. The predicted octanol–water partition coefficient (Wildman–Crippen LogP) is 5.47. The average molecular weight is 563 g/mol. The molecule has 0 aliphatic carbocycles. The van der Waals surface area contributed by atoms with Gasteiger partial charge in [-0.2, -0.15) is 0 Å². The number of nitrogens with one attached hydrogen (secondary N) is 1. The highest BCUT2D eigenvalue weighted by Crippen LogP contribution is 2.34. The Morgan fingerprint density at radius 1 is 1.03 bits per heavy atom. The molecule has 39 heavy (non-hydrogen) atoms. The van der Waals surface area contributed by atoms with Gasteiger partial charge < -0.3 is 15.0 Å². The van der Waals surface area contributed by atoms with Gasteiger partial charge in [0, 0.05) is 24.0 Å². The van der Waals surface area contributed by atoms with Crippen molar-refractivity contribution in [2.75, 3.05) is 10.5 Å². The highest BCUT2D eigenvalue weighted by atomic mass is 35.5. The summed E-state index contributed by atoms with van der Waals surface area (Å²) in [7, 11) is -4.04. The summed E-state index contributed by atoms with van der Waals surface area (Å²) >= 11 is 6.58. The predicted molar refractivity (Wildman–Crippen MR) is 149 cm³/mol. The van der Waals surface area contributed by atoms with Crippen molar-refractivity contribution in [3.8, 4) is 11.5 Å². The molecule has 2 aromatic carbocycles. The van der Waals surface area contributed by atoms with Gasteiger partial charge in [-0.15, -0.1) is 0 Å². The highest BCUT2D eigenvalue weighted by Gasteiger charge is 2.25. The Morgan fingerprint density at radius 2 is 1.79 bits per heavy atom. The number of sulfonamides is 1. The lowest BCUT2D eigenvalue weighted by molar-refractivity contribution is 0.104. The molecule has 0 bridgehead atoms. The summed E-state index contributed by atoms with van der Waals surface area (Å²) in [6.07, 6.45) is 6.16. The van der Waals surface area contributed by atoms with E-state index in [1.54, 1.807) is 36.8 Å². The van der Waals surface area contributed by atoms with E-state index in [0.717, 1.165) is 0 Å². The van der Waals surface area contributed by atoms with E-state index < -0.39 is 15.8 Å². The molecule has 0 atom stereocenters. The first-order valence-corrected chi connectivity index (χ1v) is 13.7. The van der Waals surface area contributed by atoms with Crippen molar-refractivity contribution in [3.05, 3.63) is 95.7 Å². The fourth-order valence-corrected chi connectivity index (χ4v) is 5.43. The van der Waals surface area contributed by atoms with Crippen LogP contribution in [-0.2, 0) is 10.0 Å². The fraction of sp³-hybridized carbons (Fsp3) is 0.111. The number of pyridine rings is 1. The van der Waals surface area contributed by atoms with E-state index in [0.29, 0.717) is 22.5 Å². The number of hydrogen-bond acceptors (Lipinski definition) is 8. The third-order valence-electron chi connectivity index (χ3n) is 5.93. The zero-order valence-electron chi connectivity index (χ0n) is 20.9. The van der Waals surface area contributed by atoms with Crippen LogP contribution in [0.3, 0.4) is 0 Å². The van der Waals surface area contributed by atoms with E-state index in [1.807, 2.05) is 18.4 Å². The number of nitrogens with zero attached hydrogens (tertiary/aromatic N) is 4. The SMILES string of the molecule is CC(C)n1cc(C(=O)c2cccc(NS(=O)(=O)c3ccc(Oc4cccnc4)cc3)c2Cl)c2c(N)ncnc21. The van der Waals surface area contributed by atoms with E-state index in [1.165, 1.54) is 42.7 Å². The number of hydrogen-bond donors (Lipinski definition) is 2. The molecule has 0 saturated carbocycles. The number of ether oxygens (including phenoxy) is 1. The zero-order valence-corrected chi connectivity index (χ0v) is 22.4. The van der Waals surface area contributed by atoms with Crippen LogP contribution in [0.5, 0.6) is 11.5 Å². The molecule has 3 aromatic heterocycles. The lowest BCUT2D eigenvalue weighted by Crippen LogP contribution is -2.14. The standard InChI is InChI=1S/C27H23ClN6O4S/c1-16(2)34-14-21(23-26(29)31-15-32-27(23)34)25(35)20-6-3-7-22(24(20)28)33-39(36,37)19-10-8-17(9-11-19)38-18-5-4-12-30-13-18/h3-16,33H,1-2H3,(H2,29,31,32). The summed E-state index contributed by atoms with van der Waals surface area (Å²) in [5, 5.41) is 0.357. The maximum atomic E-state index is 13.6. The van der Waals surface area contributed by atoms with Gasteiger partial charge in [-0.1, -0.05) is 17.7 Å². The third kappa shape index (κ3) is 5.14. The largest absolute Gasteiger partial charge is 0.456 e.